The van der Waals surface area contributed by atoms with Crippen LogP contribution in [-0.4, -0.2) is 48.1 Å². The predicted octanol–water partition coefficient (Wildman–Crippen LogP) is 1.51. The van der Waals surface area contributed by atoms with Gasteiger partial charge in [0.2, 0.25) is 10.0 Å². The molecule has 1 aromatic heterocycles. The molecule has 118 valence electrons. The van der Waals surface area contributed by atoms with Crippen LogP contribution in [0.25, 0.3) is 0 Å². The van der Waals surface area contributed by atoms with Gasteiger partial charge < -0.3 is 5.32 Å². The molecule has 1 atom stereocenters. The second kappa shape index (κ2) is 6.70. The lowest BCUT2D eigenvalue weighted by Gasteiger charge is -2.30. The molecule has 0 aromatic carbocycles. The lowest BCUT2D eigenvalue weighted by molar-refractivity contribution is 0.265. The number of anilines is 1. The monoisotopic (exact) mass is 312 g/mol. The Morgan fingerprint density at radius 3 is 2.86 bits per heavy atom. The summed E-state index contributed by atoms with van der Waals surface area (Å²) in [6.45, 7) is 5.36. The largest absolute Gasteiger partial charge is 0.368 e. The van der Waals surface area contributed by atoms with Crippen LogP contribution >= 0.6 is 0 Å². The molecule has 2 heterocycles. The highest BCUT2D eigenvalue weighted by Gasteiger charge is 2.26. The molecule has 1 aromatic rings. The molecule has 0 bridgehead atoms. The maximum Gasteiger partial charge on any atom is 0.211 e. The quantitative estimate of drug-likeness (QED) is 0.892. The second-order valence-electron chi connectivity index (χ2n) is 6.03. The van der Waals surface area contributed by atoms with Gasteiger partial charge in [0.1, 0.15) is 12.1 Å². The van der Waals surface area contributed by atoms with E-state index in [9.17, 15) is 8.42 Å². The van der Waals surface area contributed by atoms with E-state index in [1.54, 1.807) is 10.6 Å². The molecular weight excluding hydrogens is 288 g/mol. The van der Waals surface area contributed by atoms with Crippen molar-refractivity contribution >= 4 is 15.8 Å². The third kappa shape index (κ3) is 4.93. The molecule has 21 heavy (non-hydrogen) atoms. The molecule has 6 nitrogen and oxygen atoms in total. The number of aromatic nitrogens is 2. The Kier molecular flexibility index (Phi) is 5.16. The van der Waals surface area contributed by atoms with Crippen LogP contribution in [0.1, 0.15) is 32.4 Å². The van der Waals surface area contributed by atoms with Crippen molar-refractivity contribution in [3.05, 3.63) is 18.1 Å². The van der Waals surface area contributed by atoms with Crippen molar-refractivity contribution in [1.82, 2.24) is 14.3 Å². The minimum absolute atomic E-state index is 0.322. The molecule has 1 saturated heterocycles. The van der Waals surface area contributed by atoms with Gasteiger partial charge >= 0.3 is 0 Å². The van der Waals surface area contributed by atoms with E-state index in [4.69, 9.17) is 0 Å². The molecule has 1 aliphatic rings. The highest BCUT2D eigenvalue weighted by Crippen LogP contribution is 2.22. The van der Waals surface area contributed by atoms with Gasteiger partial charge in [-0.1, -0.05) is 0 Å². The molecule has 0 radical (unpaired) electrons. The maximum atomic E-state index is 11.6. The van der Waals surface area contributed by atoms with Crippen molar-refractivity contribution in [3.63, 3.8) is 0 Å². The topological polar surface area (TPSA) is 75.2 Å². The molecule has 7 heteroatoms. The van der Waals surface area contributed by atoms with Crippen LogP contribution in [0.3, 0.4) is 0 Å². The molecular formula is C14H24N4O2S. The van der Waals surface area contributed by atoms with Crippen LogP contribution in [-0.2, 0) is 16.4 Å². The van der Waals surface area contributed by atoms with E-state index in [0.717, 1.165) is 30.8 Å². The van der Waals surface area contributed by atoms with Crippen LogP contribution in [0.15, 0.2) is 12.4 Å². The number of rotatable bonds is 5. The first-order chi connectivity index (χ1) is 9.84. The Labute approximate surface area is 127 Å². The van der Waals surface area contributed by atoms with Gasteiger partial charge in [-0.2, -0.15) is 0 Å². The van der Waals surface area contributed by atoms with Crippen molar-refractivity contribution in [1.29, 1.82) is 0 Å². The van der Waals surface area contributed by atoms with Crippen LogP contribution in [0.5, 0.6) is 0 Å². The molecule has 1 unspecified atom stereocenters. The molecule has 1 fully saturated rings. The van der Waals surface area contributed by atoms with Crippen molar-refractivity contribution in [2.75, 3.05) is 24.7 Å². The maximum absolute atomic E-state index is 11.6. The van der Waals surface area contributed by atoms with E-state index in [-0.39, 0.29) is 0 Å². The highest BCUT2D eigenvalue weighted by atomic mass is 32.2. The Balaban J connectivity index is 2.01. The number of sulfonamides is 1. The summed E-state index contributed by atoms with van der Waals surface area (Å²) in [6, 6.07) is 2.28. The third-order valence-electron chi connectivity index (χ3n) is 3.61. The van der Waals surface area contributed by atoms with Crippen molar-refractivity contribution < 1.29 is 8.42 Å². The Morgan fingerprint density at radius 2 is 2.19 bits per heavy atom. The first-order valence-corrected chi connectivity index (χ1v) is 9.22. The summed E-state index contributed by atoms with van der Waals surface area (Å²) >= 11 is 0. The van der Waals surface area contributed by atoms with Crippen molar-refractivity contribution in [3.8, 4) is 0 Å². The van der Waals surface area contributed by atoms with E-state index in [1.165, 1.54) is 6.26 Å². The number of nitrogens with zero attached hydrogens (tertiary/aromatic N) is 3. The van der Waals surface area contributed by atoms with Gasteiger partial charge in [-0.25, -0.2) is 22.7 Å². The number of piperidine rings is 1. The van der Waals surface area contributed by atoms with E-state index >= 15 is 0 Å². The summed E-state index contributed by atoms with van der Waals surface area (Å²) in [7, 11) is -3.09. The average Bonchev–Trinajstić information content (AvgIpc) is 2.37. The zero-order valence-corrected chi connectivity index (χ0v) is 13.7. The van der Waals surface area contributed by atoms with Gasteiger partial charge in [-0.05, 0) is 39.0 Å². The molecule has 0 aliphatic carbocycles. The van der Waals surface area contributed by atoms with Gasteiger partial charge in [0.15, 0.2) is 0 Å². The van der Waals surface area contributed by atoms with Crippen LogP contribution in [0.4, 0.5) is 5.82 Å². The van der Waals surface area contributed by atoms with Crippen molar-refractivity contribution in [2.24, 2.45) is 5.92 Å². The Bertz CT molecular complexity index is 574. The Morgan fingerprint density at radius 1 is 1.43 bits per heavy atom. The summed E-state index contributed by atoms with van der Waals surface area (Å²) in [5, 5.41) is 3.26. The number of hydrogen-bond donors (Lipinski definition) is 1. The van der Waals surface area contributed by atoms with Gasteiger partial charge in [0, 0.05) is 30.9 Å². The van der Waals surface area contributed by atoms with Crippen LogP contribution in [0.2, 0.25) is 0 Å². The average molecular weight is 312 g/mol. The minimum atomic E-state index is -3.09. The molecule has 0 amide bonds. The van der Waals surface area contributed by atoms with E-state index in [2.05, 4.69) is 29.1 Å². The predicted molar refractivity (Wildman–Crippen MR) is 83.6 cm³/mol. The van der Waals surface area contributed by atoms with Crippen molar-refractivity contribution in [2.45, 2.75) is 39.2 Å². The second-order valence-corrected chi connectivity index (χ2v) is 8.01. The van der Waals surface area contributed by atoms with Gasteiger partial charge in [0.25, 0.3) is 0 Å². The van der Waals surface area contributed by atoms with Crippen LogP contribution < -0.4 is 5.32 Å². The van der Waals surface area contributed by atoms with Crippen LogP contribution in [0, 0.1) is 5.92 Å². The smallest absolute Gasteiger partial charge is 0.211 e. The first kappa shape index (κ1) is 16.2. The number of hydrogen-bond acceptors (Lipinski definition) is 5. The molecule has 0 spiro atoms. The summed E-state index contributed by atoms with van der Waals surface area (Å²) in [5.41, 5.74) is 0.966. The summed E-state index contributed by atoms with van der Waals surface area (Å²) < 4.78 is 24.9. The number of nitrogens with one attached hydrogen (secondary N) is 1. The zero-order chi connectivity index (χ0) is 15.5. The first-order valence-electron chi connectivity index (χ1n) is 7.37. The fourth-order valence-corrected chi connectivity index (χ4v) is 3.62. The fourth-order valence-electron chi connectivity index (χ4n) is 2.67. The van der Waals surface area contributed by atoms with E-state index in [0.29, 0.717) is 25.0 Å². The summed E-state index contributed by atoms with van der Waals surface area (Å²) in [5.74, 6) is 1.15. The van der Waals surface area contributed by atoms with Gasteiger partial charge in [0.05, 0.1) is 6.26 Å². The fraction of sp³-hybridized carbons (Fsp3) is 0.714. The summed E-state index contributed by atoms with van der Waals surface area (Å²) in [4.78, 5) is 8.51. The Hall–Kier alpha value is -1.21. The lowest BCUT2D eigenvalue weighted by atomic mass is 9.94. The molecule has 2 rings (SSSR count). The SMILES string of the molecule is CC(C)Nc1cc(CC2CCCN(S(C)(=O)=O)C2)ncn1. The van der Waals surface area contributed by atoms with Gasteiger partial charge in [-0.3, -0.25) is 0 Å². The van der Waals surface area contributed by atoms with E-state index in [1.807, 2.05) is 6.07 Å². The van der Waals surface area contributed by atoms with E-state index < -0.39 is 10.0 Å². The third-order valence-corrected chi connectivity index (χ3v) is 4.88. The molecule has 0 saturated carbocycles. The zero-order valence-electron chi connectivity index (χ0n) is 12.9. The molecule has 1 N–H and O–H groups in total. The summed E-state index contributed by atoms with van der Waals surface area (Å²) in [6.07, 6.45) is 5.60. The molecule has 1 aliphatic heterocycles. The normalized spacial score (nSPS) is 20.7. The standard InChI is InChI=1S/C14H24N4O2S/c1-11(2)17-14-8-13(15-10-16-14)7-12-5-4-6-18(9-12)21(3,19)20/h8,10-12H,4-7,9H2,1-3H3,(H,15,16,17). The lowest BCUT2D eigenvalue weighted by Crippen LogP contribution is -2.39. The minimum Gasteiger partial charge on any atom is -0.368 e. The highest BCUT2D eigenvalue weighted by molar-refractivity contribution is 7.88. The van der Waals surface area contributed by atoms with Gasteiger partial charge in [-0.15, -0.1) is 0 Å².